The fourth-order valence-corrected chi connectivity index (χ4v) is 3.70. The van der Waals surface area contributed by atoms with Crippen molar-refractivity contribution in [1.82, 2.24) is 9.88 Å². The Hall–Kier alpha value is -2.06. The van der Waals surface area contributed by atoms with Gasteiger partial charge in [0.2, 0.25) is 0 Å². The monoisotopic (exact) mass is 318 g/mol. The van der Waals surface area contributed by atoms with Gasteiger partial charge < -0.3 is 9.88 Å². The summed E-state index contributed by atoms with van der Waals surface area (Å²) >= 11 is 0. The van der Waals surface area contributed by atoms with E-state index in [1.807, 2.05) is 0 Å². The van der Waals surface area contributed by atoms with Crippen molar-refractivity contribution in [2.45, 2.75) is 45.8 Å². The van der Waals surface area contributed by atoms with Crippen LogP contribution in [-0.4, -0.2) is 10.6 Å². The molecule has 0 amide bonds. The maximum absolute atomic E-state index is 3.75. The molecule has 1 saturated carbocycles. The predicted octanol–water partition coefficient (Wildman–Crippen LogP) is 4.89. The molecule has 2 atom stereocenters. The lowest BCUT2D eigenvalue weighted by atomic mass is 9.81. The number of para-hydroxylation sites is 1. The molecule has 1 aromatic heterocycles. The highest BCUT2D eigenvalue weighted by Crippen LogP contribution is 2.28. The summed E-state index contributed by atoms with van der Waals surface area (Å²) in [6.45, 7) is 6.39. The summed E-state index contributed by atoms with van der Waals surface area (Å²) in [5, 5.41) is 5.13. The summed E-state index contributed by atoms with van der Waals surface area (Å²) in [7, 11) is 0. The third-order valence-electron chi connectivity index (χ3n) is 5.52. The zero-order chi connectivity index (χ0) is 16.5. The van der Waals surface area contributed by atoms with Crippen LogP contribution in [0.1, 0.15) is 36.5 Å². The summed E-state index contributed by atoms with van der Waals surface area (Å²) in [5.41, 5.74) is 5.41. The van der Waals surface area contributed by atoms with E-state index < -0.39 is 0 Å². The van der Waals surface area contributed by atoms with Crippen LogP contribution in [0.4, 0.5) is 0 Å². The van der Waals surface area contributed by atoms with Gasteiger partial charge in [-0.05, 0) is 42.9 Å². The molecule has 124 valence electrons. The normalized spacial score (nSPS) is 20.2. The largest absolute Gasteiger partial charge is 0.343 e. The second-order valence-corrected chi connectivity index (χ2v) is 7.33. The Labute approximate surface area is 144 Å². The van der Waals surface area contributed by atoms with Crippen LogP contribution < -0.4 is 5.32 Å². The molecule has 1 N–H and O–H groups in total. The van der Waals surface area contributed by atoms with Crippen molar-refractivity contribution in [3.8, 4) is 0 Å². The summed E-state index contributed by atoms with van der Waals surface area (Å²) in [5.74, 6) is 0.825. The predicted molar refractivity (Wildman–Crippen MR) is 101 cm³/mol. The van der Waals surface area contributed by atoms with Gasteiger partial charge >= 0.3 is 0 Å². The molecule has 2 heteroatoms. The maximum Gasteiger partial charge on any atom is 0.0486 e. The summed E-state index contributed by atoms with van der Waals surface area (Å²) in [4.78, 5) is 0. The molecule has 4 rings (SSSR count). The van der Waals surface area contributed by atoms with Gasteiger partial charge in [-0.15, -0.1) is 0 Å². The molecule has 2 nitrogen and oxygen atoms in total. The molecular weight excluding hydrogens is 292 g/mol. The van der Waals surface area contributed by atoms with Crippen LogP contribution in [0, 0.1) is 12.8 Å². The Morgan fingerprint density at radius 2 is 1.83 bits per heavy atom. The van der Waals surface area contributed by atoms with Gasteiger partial charge in [-0.3, -0.25) is 0 Å². The Morgan fingerprint density at radius 3 is 2.54 bits per heavy atom. The second-order valence-electron chi connectivity index (χ2n) is 7.33. The minimum atomic E-state index is 0.698. The van der Waals surface area contributed by atoms with Crippen LogP contribution in [0.25, 0.3) is 10.9 Å². The lowest BCUT2D eigenvalue weighted by Crippen LogP contribution is -2.41. The van der Waals surface area contributed by atoms with Gasteiger partial charge in [0.25, 0.3) is 0 Å². The molecule has 24 heavy (non-hydrogen) atoms. The molecular formula is C22H26N2. The molecule has 0 radical (unpaired) electrons. The van der Waals surface area contributed by atoms with Crippen molar-refractivity contribution < 1.29 is 0 Å². The van der Waals surface area contributed by atoms with E-state index in [0.29, 0.717) is 6.04 Å². The quantitative estimate of drug-likeness (QED) is 0.709. The first kappa shape index (κ1) is 15.5. The van der Waals surface area contributed by atoms with Crippen molar-refractivity contribution >= 4 is 10.9 Å². The zero-order valence-electron chi connectivity index (χ0n) is 14.6. The van der Waals surface area contributed by atoms with E-state index in [2.05, 4.69) is 78.5 Å². The first-order chi connectivity index (χ1) is 11.7. The number of nitrogens with one attached hydrogen (secondary N) is 1. The molecule has 1 fully saturated rings. The summed E-state index contributed by atoms with van der Waals surface area (Å²) in [6, 6.07) is 18.3. The standard InChI is InChI=1S/C22H26N2/c1-16-7-10-18(11-8-16)14-24-15-19(13-23-21-12-9-17(21)2)20-5-3-4-6-22(20)24/h3-8,10-11,15,17,21,23H,9,12-14H2,1-2H3. The van der Waals surface area contributed by atoms with Crippen molar-refractivity contribution in [2.75, 3.05) is 0 Å². The fraction of sp³-hybridized carbons (Fsp3) is 0.364. The molecule has 2 aromatic carbocycles. The number of aryl methyl sites for hydroxylation is 1. The van der Waals surface area contributed by atoms with E-state index in [1.54, 1.807) is 0 Å². The number of hydrogen-bond donors (Lipinski definition) is 1. The minimum Gasteiger partial charge on any atom is -0.343 e. The number of fused-ring (bicyclic) bond motifs is 1. The van der Waals surface area contributed by atoms with Gasteiger partial charge in [-0.2, -0.15) is 0 Å². The first-order valence-corrected chi connectivity index (χ1v) is 9.06. The Morgan fingerprint density at radius 1 is 1.04 bits per heavy atom. The van der Waals surface area contributed by atoms with Gasteiger partial charge in [-0.25, -0.2) is 0 Å². The van der Waals surface area contributed by atoms with Crippen molar-refractivity contribution in [1.29, 1.82) is 0 Å². The molecule has 1 aliphatic rings. The Bertz CT molecular complexity index is 829. The van der Waals surface area contributed by atoms with E-state index in [0.717, 1.165) is 19.0 Å². The van der Waals surface area contributed by atoms with Crippen LogP contribution in [0.15, 0.2) is 54.7 Å². The van der Waals surface area contributed by atoms with Crippen molar-refractivity contribution in [3.05, 3.63) is 71.4 Å². The Kier molecular flexibility index (Phi) is 4.15. The topological polar surface area (TPSA) is 17.0 Å². The summed E-state index contributed by atoms with van der Waals surface area (Å²) in [6.07, 6.45) is 5.02. The van der Waals surface area contributed by atoms with Gasteiger partial charge in [0.05, 0.1) is 0 Å². The third kappa shape index (κ3) is 2.99. The molecule has 1 heterocycles. The van der Waals surface area contributed by atoms with Crippen LogP contribution in [0.5, 0.6) is 0 Å². The number of hydrogen-bond acceptors (Lipinski definition) is 1. The average Bonchev–Trinajstić information content (AvgIpc) is 2.94. The zero-order valence-corrected chi connectivity index (χ0v) is 14.6. The number of benzene rings is 2. The van der Waals surface area contributed by atoms with Crippen LogP contribution in [-0.2, 0) is 13.1 Å². The highest BCUT2D eigenvalue weighted by Gasteiger charge is 2.26. The summed E-state index contributed by atoms with van der Waals surface area (Å²) < 4.78 is 2.39. The third-order valence-corrected chi connectivity index (χ3v) is 5.52. The second kappa shape index (κ2) is 6.45. The molecule has 1 aliphatic carbocycles. The lowest BCUT2D eigenvalue weighted by molar-refractivity contribution is 0.228. The van der Waals surface area contributed by atoms with Gasteiger partial charge in [0.15, 0.2) is 0 Å². The number of nitrogens with zero attached hydrogens (tertiary/aromatic N) is 1. The van der Waals surface area contributed by atoms with Crippen LogP contribution in [0.2, 0.25) is 0 Å². The van der Waals surface area contributed by atoms with E-state index >= 15 is 0 Å². The van der Waals surface area contributed by atoms with Crippen molar-refractivity contribution in [2.24, 2.45) is 5.92 Å². The number of rotatable bonds is 5. The average molecular weight is 318 g/mol. The van der Waals surface area contributed by atoms with Gasteiger partial charge in [0, 0.05) is 36.2 Å². The first-order valence-electron chi connectivity index (χ1n) is 9.06. The van der Waals surface area contributed by atoms with Crippen molar-refractivity contribution in [3.63, 3.8) is 0 Å². The fourth-order valence-electron chi connectivity index (χ4n) is 3.70. The molecule has 0 spiro atoms. The molecule has 2 unspecified atom stereocenters. The maximum atomic E-state index is 3.75. The van der Waals surface area contributed by atoms with Crippen LogP contribution >= 0.6 is 0 Å². The minimum absolute atomic E-state index is 0.698. The van der Waals surface area contributed by atoms with E-state index in [4.69, 9.17) is 0 Å². The molecule has 0 saturated heterocycles. The van der Waals surface area contributed by atoms with Crippen LogP contribution in [0.3, 0.4) is 0 Å². The van der Waals surface area contributed by atoms with E-state index in [-0.39, 0.29) is 0 Å². The van der Waals surface area contributed by atoms with E-state index in [9.17, 15) is 0 Å². The molecule has 0 bridgehead atoms. The highest BCUT2D eigenvalue weighted by atomic mass is 15.0. The SMILES string of the molecule is Cc1ccc(Cn2cc(CNC3CCC3C)c3ccccc32)cc1. The Balaban J connectivity index is 1.59. The number of aromatic nitrogens is 1. The smallest absolute Gasteiger partial charge is 0.0486 e. The van der Waals surface area contributed by atoms with Gasteiger partial charge in [0.1, 0.15) is 0 Å². The molecule has 3 aromatic rings. The van der Waals surface area contributed by atoms with E-state index in [1.165, 1.54) is 40.4 Å². The lowest BCUT2D eigenvalue weighted by Gasteiger charge is -2.34. The molecule has 0 aliphatic heterocycles. The highest BCUT2D eigenvalue weighted by molar-refractivity contribution is 5.84. The van der Waals surface area contributed by atoms with Gasteiger partial charge in [-0.1, -0.05) is 55.0 Å².